The predicted octanol–water partition coefficient (Wildman–Crippen LogP) is -1.39. The van der Waals surface area contributed by atoms with E-state index in [0.717, 1.165) is 6.34 Å². The molecule has 6 N–H and O–H groups in total. The van der Waals surface area contributed by atoms with Crippen molar-refractivity contribution in [2.45, 2.75) is 6.92 Å². The van der Waals surface area contributed by atoms with Gasteiger partial charge in [0, 0.05) is 0 Å². The van der Waals surface area contributed by atoms with E-state index in [1.165, 1.54) is 6.21 Å². The second-order valence-corrected chi connectivity index (χ2v) is 1.78. The number of nitrogens with zero attached hydrogens (tertiary/aromatic N) is 4. The summed E-state index contributed by atoms with van der Waals surface area (Å²) in [5.74, 6) is -0.106. The van der Waals surface area contributed by atoms with Gasteiger partial charge in [0.1, 0.15) is 6.34 Å². The van der Waals surface area contributed by atoms with Gasteiger partial charge in [-0.3, -0.25) is 0 Å². The quantitative estimate of drug-likeness (QED) is 0.273. The topological polar surface area (TPSA) is 127 Å². The highest BCUT2D eigenvalue weighted by atomic mass is 15.3. The second-order valence-electron chi connectivity index (χ2n) is 1.78. The Labute approximate surface area is 69.7 Å². The number of nitrogens with two attached hydrogens (primary N) is 3. The molecule has 0 unspecified atom stereocenters. The van der Waals surface area contributed by atoms with Crippen LogP contribution in [0.25, 0.3) is 0 Å². The number of guanidine groups is 1. The van der Waals surface area contributed by atoms with E-state index in [1.807, 2.05) is 0 Å². The normalized spacial score (nSPS) is 12.6. The van der Waals surface area contributed by atoms with E-state index in [2.05, 4.69) is 20.4 Å². The summed E-state index contributed by atoms with van der Waals surface area (Å²) >= 11 is 0. The molecule has 0 radical (unpaired) electrons. The van der Waals surface area contributed by atoms with Crippen LogP contribution in [0.3, 0.4) is 0 Å². The molecule has 0 saturated carbocycles. The standard InChI is InChI=1S/C5H11N7/c1-4(2-9-10-3-6)11-12-5(7)8/h2-3H,1H3,(H2,6,10)(H4,7,8,12)/b9-2+,11-4+. The minimum Gasteiger partial charge on any atom is -0.388 e. The fourth-order valence-corrected chi connectivity index (χ4v) is 0.318. The first-order valence-electron chi connectivity index (χ1n) is 3.06. The lowest BCUT2D eigenvalue weighted by Gasteiger charge is -1.85. The van der Waals surface area contributed by atoms with Crippen LogP contribution < -0.4 is 17.2 Å². The summed E-state index contributed by atoms with van der Waals surface area (Å²) in [6.45, 7) is 1.67. The van der Waals surface area contributed by atoms with Gasteiger partial charge < -0.3 is 17.2 Å². The average molecular weight is 169 g/mol. The van der Waals surface area contributed by atoms with E-state index in [1.54, 1.807) is 6.92 Å². The molecule has 0 aromatic carbocycles. The summed E-state index contributed by atoms with van der Waals surface area (Å²) in [4.78, 5) is 0. The molecule has 0 spiro atoms. The molecule has 0 rings (SSSR count). The zero-order chi connectivity index (χ0) is 9.40. The van der Waals surface area contributed by atoms with Gasteiger partial charge in [-0.1, -0.05) is 0 Å². The SMILES string of the molecule is CC(/C=N/N=CN)=N\N=C(N)N. The number of hydrogen-bond acceptors (Lipinski definition) is 4. The molecule has 12 heavy (non-hydrogen) atoms. The van der Waals surface area contributed by atoms with Crippen LogP contribution in [-0.2, 0) is 0 Å². The van der Waals surface area contributed by atoms with Crippen LogP contribution in [-0.4, -0.2) is 24.2 Å². The molecule has 0 aromatic heterocycles. The first kappa shape index (κ1) is 10.1. The average Bonchev–Trinajstić information content (AvgIpc) is 2.01. The zero-order valence-corrected chi connectivity index (χ0v) is 6.68. The van der Waals surface area contributed by atoms with Gasteiger partial charge in [-0.2, -0.15) is 10.2 Å². The number of rotatable bonds is 3. The van der Waals surface area contributed by atoms with E-state index in [-0.39, 0.29) is 5.96 Å². The molecular formula is C5H11N7. The molecule has 0 aliphatic rings. The second kappa shape index (κ2) is 5.83. The van der Waals surface area contributed by atoms with Gasteiger partial charge in [0.2, 0.25) is 5.96 Å². The molecule has 7 nitrogen and oxygen atoms in total. The van der Waals surface area contributed by atoms with E-state index in [0.29, 0.717) is 5.71 Å². The van der Waals surface area contributed by atoms with Crippen molar-refractivity contribution < 1.29 is 0 Å². The van der Waals surface area contributed by atoms with Crippen molar-refractivity contribution >= 4 is 24.2 Å². The molecule has 0 aliphatic carbocycles. The largest absolute Gasteiger partial charge is 0.388 e. The Hall–Kier alpha value is -1.92. The van der Waals surface area contributed by atoms with Gasteiger partial charge in [-0.05, 0) is 6.92 Å². The molecule has 66 valence electrons. The maximum atomic E-state index is 5.02. The highest BCUT2D eigenvalue weighted by Crippen LogP contribution is 1.76. The van der Waals surface area contributed by atoms with Gasteiger partial charge in [0.15, 0.2) is 0 Å². The van der Waals surface area contributed by atoms with Crippen LogP contribution in [0.4, 0.5) is 0 Å². The molecule has 0 amide bonds. The van der Waals surface area contributed by atoms with Crippen molar-refractivity contribution in [1.29, 1.82) is 0 Å². The Morgan fingerprint density at radius 3 is 2.33 bits per heavy atom. The van der Waals surface area contributed by atoms with Gasteiger partial charge in [0.05, 0.1) is 11.9 Å². The molecule has 0 saturated heterocycles. The maximum Gasteiger partial charge on any atom is 0.211 e. The monoisotopic (exact) mass is 169 g/mol. The smallest absolute Gasteiger partial charge is 0.211 e. The van der Waals surface area contributed by atoms with Gasteiger partial charge in [-0.15, -0.1) is 10.2 Å². The van der Waals surface area contributed by atoms with Crippen LogP contribution in [0.15, 0.2) is 20.4 Å². The van der Waals surface area contributed by atoms with Crippen LogP contribution in [0.5, 0.6) is 0 Å². The number of hydrogen-bond donors (Lipinski definition) is 3. The van der Waals surface area contributed by atoms with Crippen molar-refractivity contribution in [3.05, 3.63) is 0 Å². The summed E-state index contributed by atoms with van der Waals surface area (Å²) in [5.41, 5.74) is 15.5. The Balaban J connectivity index is 4.11. The lowest BCUT2D eigenvalue weighted by Crippen LogP contribution is -2.22. The van der Waals surface area contributed by atoms with Crippen molar-refractivity contribution in [2.75, 3.05) is 0 Å². The van der Waals surface area contributed by atoms with Crippen molar-refractivity contribution in [3.8, 4) is 0 Å². The Kier molecular flexibility index (Phi) is 4.90. The third-order valence-electron chi connectivity index (χ3n) is 0.701. The molecule has 0 aromatic rings. The Morgan fingerprint density at radius 1 is 1.17 bits per heavy atom. The lowest BCUT2D eigenvalue weighted by atomic mass is 10.5. The third-order valence-corrected chi connectivity index (χ3v) is 0.701. The highest BCUT2D eigenvalue weighted by molar-refractivity contribution is 6.29. The molecule has 0 aliphatic heterocycles. The summed E-state index contributed by atoms with van der Waals surface area (Å²) in [6, 6.07) is 0. The van der Waals surface area contributed by atoms with Gasteiger partial charge in [-0.25, -0.2) is 0 Å². The fraction of sp³-hybridized carbons (Fsp3) is 0.200. The minimum absolute atomic E-state index is 0.106. The van der Waals surface area contributed by atoms with Crippen LogP contribution >= 0.6 is 0 Å². The molecule has 7 heteroatoms. The predicted molar refractivity (Wildman–Crippen MR) is 50.1 cm³/mol. The minimum atomic E-state index is -0.106. The first-order chi connectivity index (χ1) is 5.66. The first-order valence-corrected chi connectivity index (χ1v) is 3.06. The van der Waals surface area contributed by atoms with E-state index < -0.39 is 0 Å². The Morgan fingerprint density at radius 2 is 1.83 bits per heavy atom. The third kappa shape index (κ3) is 6.20. The summed E-state index contributed by atoms with van der Waals surface area (Å²) in [7, 11) is 0. The highest BCUT2D eigenvalue weighted by Gasteiger charge is 1.82. The summed E-state index contributed by atoms with van der Waals surface area (Å²) in [6.07, 6.45) is 2.43. The van der Waals surface area contributed by atoms with Crippen LogP contribution in [0, 0.1) is 0 Å². The lowest BCUT2D eigenvalue weighted by molar-refractivity contribution is 1.20. The van der Waals surface area contributed by atoms with Crippen LogP contribution in [0.1, 0.15) is 6.92 Å². The van der Waals surface area contributed by atoms with E-state index >= 15 is 0 Å². The zero-order valence-electron chi connectivity index (χ0n) is 6.68. The molecule has 0 atom stereocenters. The maximum absolute atomic E-state index is 5.02. The Bertz CT molecular complexity index is 232. The van der Waals surface area contributed by atoms with Gasteiger partial charge >= 0.3 is 0 Å². The molecular weight excluding hydrogens is 158 g/mol. The van der Waals surface area contributed by atoms with Crippen molar-refractivity contribution in [1.82, 2.24) is 0 Å². The van der Waals surface area contributed by atoms with E-state index in [9.17, 15) is 0 Å². The van der Waals surface area contributed by atoms with Gasteiger partial charge in [0.25, 0.3) is 0 Å². The summed E-state index contributed by atoms with van der Waals surface area (Å²) < 4.78 is 0. The van der Waals surface area contributed by atoms with Crippen molar-refractivity contribution in [3.63, 3.8) is 0 Å². The van der Waals surface area contributed by atoms with Crippen LogP contribution in [0.2, 0.25) is 0 Å². The fourth-order valence-electron chi connectivity index (χ4n) is 0.318. The molecule has 0 fully saturated rings. The summed E-state index contributed by atoms with van der Waals surface area (Å²) in [5, 5.41) is 13.8. The molecule has 0 bridgehead atoms. The van der Waals surface area contributed by atoms with E-state index in [4.69, 9.17) is 17.2 Å². The van der Waals surface area contributed by atoms with Crippen molar-refractivity contribution in [2.24, 2.45) is 37.6 Å². The molecule has 0 heterocycles.